The van der Waals surface area contributed by atoms with Gasteiger partial charge in [-0.05, 0) is 30.6 Å². The number of rotatable bonds is 1. The van der Waals surface area contributed by atoms with Crippen LogP contribution in [0.15, 0.2) is 0 Å². The Morgan fingerprint density at radius 1 is 1.15 bits per heavy atom. The van der Waals surface area contributed by atoms with E-state index in [1.165, 1.54) is 19.3 Å². The average Bonchev–Trinajstić information content (AvgIpc) is 2.03. The second-order valence-corrected chi connectivity index (χ2v) is 5.60. The van der Waals surface area contributed by atoms with Crippen LogP contribution in [-0.4, -0.2) is 12.2 Å². The zero-order valence-electron chi connectivity index (χ0n) is 9.81. The molecule has 0 bridgehead atoms. The summed E-state index contributed by atoms with van der Waals surface area (Å²) in [6.07, 6.45) is 3.80. The van der Waals surface area contributed by atoms with Crippen LogP contribution in [0.3, 0.4) is 0 Å². The molecule has 1 heterocycles. The van der Waals surface area contributed by atoms with Gasteiger partial charge in [-0.25, -0.2) is 0 Å². The van der Waals surface area contributed by atoms with E-state index in [0.29, 0.717) is 5.92 Å². The van der Waals surface area contributed by atoms with Gasteiger partial charge in [0.05, 0.1) is 5.60 Å². The van der Waals surface area contributed by atoms with Crippen LogP contribution in [0.4, 0.5) is 0 Å². The van der Waals surface area contributed by atoms with E-state index >= 15 is 0 Å². The van der Waals surface area contributed by atoms with Crippen LogP contribution in [0.2, 0.25) is 0 Å². The molecule has 1 fully saturated rings. The van der Waals surface area contributed by atoms with E-state index in [1.54, 1.807) is 0 Å². The van der Waals surface area contributed by atoms with E-state index in [4.69, 9.17) is 4.74 Å². The van der Waals surface area contributed by atoms with Crippen molar-refractivity contribution in [3.8, 4) is 0 Å². The monoisotopic (exact) mass is 184 g/mol. The van der Waals surface area contributed by atoms with Crippen molar-refractivity contribution in [1.29, 1.82) is 0 Å². The first-order valence-corrected chi connectivity index (χ1v) is 5.54. The van der Waals surface area contributed by atoms with Crippen molar-refractivity contribution in [2.75, 3.05) is 6.61 Å². The highest BCUT2D eigenvalue weighted by Gasteiger charge is 2.46. The first kappa shape index (κ1) is 11.0. The van der Waals surface area contributed by atoms with Gasteiger partial charge in [0.2, 0.25) is 0 Å². The summed E-state index contributed by atoms with van der Waals surface area (Å²) in [7, 11) is 0. The summed E-state index contributed by atoms with van der Waals surface area (Å²) >= 11 is 0. The van der Waals surface area contributed by atoms with E-state index in [0.717, 1.165) is 6.61 Å². The third kappa shape index (κ3) is 1.90. The number of hydrogen-bond donors (Lipinski definition) is 0. The highest BCUT2D eigenvalue weighted by molar-refractivity contribution is 4.96. The van der Waals surface area contributed by atoms with Crippen molar-refractivity contribution in [2.24, 2.45) is 11.3 Å². The summed E-state index contributed by atoms with van der Waals surface area (Å²) in [4.78, 5) is 0. The smallest absolute Gasteiger partial charge is 0.0753 e. The minimum Gasteiger partial charge on any atom is -0.374 e. The Hall–Kier alpha value is -0.0400. The lowest BCUT2D eigenvalue weighted by molar-refractivity contribution is -0.171. The fourth-order valence-corrected chi connectivity index (χ4v) is 2.73. The quantitative estimate of drug-likeness (QED) is 0.604. The second-order valence-electron chi connectivity index (χ2n) is 5.60. The summed E-state index contributed by atoms with van der Waals surface area (Å²) in [6, 6.07) is 0. The molecule has 0 aromatic rings. The Morgan fingerprint density at radius 3 is 2.00 bits per heavy atom. The van der Waals surface area contributed by atoms with Gasteiger partial charge in [0.15, 0.2) is 0 Å². The van der Waals surface area contributed by atoms with Gasteiger partial charge in [-0.1, -0.05) is 34.6 Å². The first-order valence-electron chi connectivity index (χ1n) is 5.54. The zero-order chi connectivity index (χ0) is 10.1. The normalized spacial score (nSPS) is 30.9. The Kier molecular flexibility index (Phi) is 3.06. The molecule has 0 N–H and O–H groups in total. The second kappa shape index (κ2) is 3.61. The van der Waals surface area contributed by atoms with E-state index in [9.17, 15) is 0 Å². The standard InChI is InChI=1S/C12H24O/c1-10(2)12(11(3,4)5)8-6-7-9-13-12/h10H,6-9H2,1-5H3. The Labute approximate surface area is 82.9 Å². The maximum Gasteiger partial charge on any atom is 0.0753 e. The molecular weight excluding hydrogens is 160 g/mol. The largest absolute Gasteiger partial charge is 0.374 e. The van der Waals surface area contributed by atoms with Crippen molar-refractivity contribution in [1.82, 2.24) is 0 Å². The van der Waals surface area contributed by atoms with Crippen LogP contribution in [-0.2, 0) is 4.74 Å². The molecule has 13 heavy (non-hydrogen) atoms. The van der Waals surface area contributed by atoms with Gasteiger partial charge in [0.1, 0.15) is 0 Å². The van der Waals surface area contributed by atoms with Crippen LogP contribution in [0, 0.1) is 11.3 Å². The summed E-state index contributed by atoms with van der Waals surface area (Å²) in [6.45, 7) is 12.4. The molecule has 0 aromatic heterocycles. The Balaban J connectivity index is 2.86. The fourth-order valence-electron chi connectivity index (χ4n) is 2.73. The lowest BCUT2D eigenvalue weighted by Gasteiger charge is -2.50. The van der Waals surface area contributed by atoms with Crippen molar-refractivity contribution in [2.45, 2.75) is 59.5 Å². The molecule has 1 rings (SSSR count). The summed E-state index contributed by atoms with van der Waals surface area (Å²) in [5.74, 6) is 0.618. The molecule has 78 valence electrons. The molecular formula is C12H24O. The van der Waals surface area contributed by atoms with Gasteiger partial charge >= 0.3 is 0 Å². The third-order valence-corrected chi connectivity index (χ3v) is 3.50. The molecule has 0 aliphatic carbocycles. The first-order chi connectivity index (χ1) is 5.90. The zero-order valence-corrected chi connectivity index (χ0v) is 9.81. The van der Waals surface area contributed by atoms with Gasteiger partial charge in [-0.3, -0.25) is 0 Å². The third-order valence-electron chi connectivity index (χ3n) is 3.50. The SMILES string of the molecule is CC(C)C1(C(C)(C)C)CCCCO1. The highest BCUT2D eigenvalue weighted by Crippen LogP contribution is 2.45. The predicted molar refractivity (Wildman–Crippen MR) is 56.8 cm³/mol. The lowest BCUT2D eigenvalue weighted by atomic mass is 9.66. The van der Waals surface area contributed by atoms with Gasteiger partial charge in [0, 0.05) is 6.61 Å². The van der Waals surface area contributed by atoms with Gasteiger partial charge in [-0.2, -0.15) is 0 Å². The molecule has 0 spiro atoms. The molecule has 1 nitrogen and oxygen atoms in total. The molecule has 1 heteroatoms. The van der Waals surface area contributed by atoms with E-state index < -0.39 is 0 Å². The lowest BCUT2D eigenvalue weighted by Crippen LogP contribution is -2.51. The van der Waals surface area contributed by atoms with Crippen molar-refractivity contribution >= 4 is 0 Å². The number of ether oxygens (including phenoxy) is 1. The summed E-state index contributed by atoms with van der Waals surface area (Å²) < 4.78 is 6.09. The molecule has 0 radical (unpaired) electrons. The summed E-state index contributed by atoms with van der Waals surface area (Å²) in [5, 5.41) is 0. The summed E-state index contributed by atoms with van der Waals surface area (Å²) in [5.41, 5.74) is 0.382. The van der Waals surface area contributed by atoms with Crippen LogP contribution in [0.25, 0.3) is 0 Å². The Morgan fingerprint density at radius 2 is 1.77 bits per heavy atom. The maximum absolute atomic E-state index is 6.09. The van der Waals surface area contributed by atoms with Crippen molar-refractivity contribution in [3.05, 3.63) is 0 Å². The Bertz CT molecular complexity index is 158. The number of hydrogen-bond acceptors (Lipinski definition) is 1. The molecule has 1 aliphatic heterocycles. The fraction of sp³-hybridized carbons (Fsp3) is 1.00. The van der Waals surface area contributed by atoms with Crippen molar-refractivity contribution < 1.29 is 4.74 Å². The molecule has 0 aromatic carbocycles. The van der Waals surface area contributed by atoms with Crippen molar-refractivity contribution in [3.63, 3.8) is 0 Å². The molecule has 1 atom stereocenters. The highest BCUT2D eigenvalue weighted by atomic mass is 16.5. The molecule has 1 unspecified atom stereocenters. The minimum absolute atomic E-state index is 0.116. The van der Waals surface area contributed by atoms with E-state index in [1.807, 2.05) is 0 Å². The van der Waals surface area contributed by atoms with Gasteiger partial charge < -0.3 is 4.74 Å². The average molecular weight is 184 g/mol. The van der Waals surface area contributed by atoms with Crippen LogP contribution >= 0.6 is 0 Å². The molecule has 0 amide bonds. The van der Waals surface area contributed by atoms with Crippen LogP contribution < -0.4 is 0 Å². The van der Waals surface area contributed by atoms with Crippen LogP contribution in [0.5, 0.6) is 0 Å². The van der Waals surface area contributed by atoms with Gasteiger partial charge in [-0.15, -0.1) is 0 Å². The molecule has 1 aliphatic rings. The van der Waals surface area contributed by atoms with E-state index in [2.05, 4.69) is 34.6 Å². The topological polar surface area (TPSA) is 9.23 Å². The molecule has 0 saturated carbocycles. The molecule has 1 saturated heterocycles. The maximum atomic E-state index is 6.09. The predicted octanol–water partition coefficient (Wildman–Crippen LogP) is 3.63. The van der Waals surface area contributed by atoms with Crippen LogP contribution in [0.1, 0.15) is 53.9 Å². The van der Waals surface area contributed by atoms with Gasteiger partial charge in [0.25, 0.3) is 0 Å². The van der Waals surface area contributed by atoms with E-state index in [-0.39, 0.29) is 11.0 Å². The minimum atomic E-state index is 0.116.